The van der Waals surface area contributed by atoms with Gasteiger partial charge in [0.15, 0.2) is 29.6 Å². The third-order valence-corrected chi connectivity index (χ3v) is 5.42. The molecule has 3 aromatic carbocycles. The molecule has 0 aliphatic carbocycles. The van der Waals surface area contributed by atoms with Gasteiger partial charge in [0.25, 0.3) is 11.8 Å². The Kier molecular flexibility index (Phi) is 10.8. The number of benzene rings is 3. The van der Waals surface area contributed by atoms with Crippen molar-refractivity contribution in [3.8, 4) is 23.0 Å². The van der Waals surface area contributed by atoms with E-state index >= 15 is 0 Å². The third-order valence-electron chi connectivity index (χ3n) is 5.14. The number of aryl methyl sites for hydroxylation is 1. The monoisotopic (exact) mass is 551 g/mol. The van der Waals surface area contributed by atoms with Gasteiger partial charge in [-0.2, -0.15) is 5.10 Å². The fourth-order valence-corrected chi connectivity index (χ4v) is 3.70. The van der Waals surface area contributed by atoms with Crippen molar-refractivity contribution in [2.45, 2.75) is 13.8 Å². The standard InChI is InChI=1S/C29H30ClN3O6/c1-5-12-38-24-11-10-21(16-25(24)37-6-2)29(35)33-31-17-20-14-23(30)28(26(15-20)36-4)39-18-27(34)32-22-9-7-8-19(3)13-22/h5,7-11,13-17H,1,6,12,18H2,2-4H3,(H,32,34)(H,33,35)/b31-17+. The number of amides is 2. The predicted molar refractivity (Wildman–Crippen MR) is 152 cm³/mol. The first-order valence-corrected chi connectivity index (χ1v) is 12.4. The lowest BCUT2D eigenvalue weighted by Crippen LogP contribution is -2.20. The number of hydrazone groups is 1. The Hall–Kier alpha value is -4.50. The summed E-state index contributed by atoms with van der Waals surface area (Å²) in [6.45, 7) is 7.85. The van der Waals surface area contributed by atoms with Crippen LogP contribution in [0.1, 0.15) is 28.4 Å². The number of ether oxygens (including phenoxy) is 4. The highest BCUT2D eigenvalue weighted by Crippen LogP contribution is 2.36. The lowest BCUT2D eigenvalue weighted by Gasteiger charge is -2.13. The molecule has 0 aromatic heterocycles. The number of methoxy groups -OCH3 is 1. The fraction of sp³-hybridized carbons (Fsp3) is 0.207. The molecule has 0 unspecified atom stereocenters. The molecule has 39 heavy (non-hydrogen) atoms. The van der Waals surface area contributed by atoms with Crippen molar-refractivity contribution in [1.29, 1.82) is 0 Å². The Morgan fingerprint density at radius 3 is 2.56 bits per heavy atom. The van der Waals surface area contributed by atoms with Crippen LogP contribution in [0.5, 0.6) is 23.0 Å². The average Bonchev–Trinajstić information content (AvgIpc) is 2.91. The minimum atomic E-state index is -0.444. The van der Waals surface area contributed by atoms with E-state index in [4.69, 9.17) is 30.5 Å². The molecule has 2 N–H and O–H groups in total. The molecule has 0 radical (unpaired) electrons. The highest BCUT2D eigenvalue weighted by molar-refractivity contribution is 6.32. The number of nitrogens with zero attached hydrogens (tertiary/aromatic N) is 1. The normalized spacial score (nSPS) is 10.6. The van der Waals surface area contributed by atoms with Crippen LogP contribution < -0.4 is 29.7 Å². The van der Waals surface area contributed by atoms with Crippen molar-refractivity contribution in [2.24, 2.45) is 5.10 Å². The Morgan fingerprint density at radius 2 is 1.85 bits per heavy atom. The average molecular weight is 552 g/mol. The van der Waals surface area contributed by atoms with Gasteiger partial charge >= 0.3 is 0 Å². The van der Waals surface area contributed by atoms with E-state index in [1.54, 1.807) is 42.5 Å². The van der Waals surface area contributed by atoms with Crippen molar-refractivity contribution in [2.75, 3.05) is 32.2 Å². The summed E-state index contributed by atoms with van der Waals surface area (Å²) in [5.74, 6) is 0.668. The van der Waals surface area contributed by atoms with Crippen LogP contribution in [-0.2, 0) is 4.79 Å². The van der Waals surface area contributed by atoms with Crippen LogP contribution in [0, 0.1) is 6.92 Å². The molecule has 0 bridgehead atoms. The first-order valence-electron chi connectivity index (χ1n) is 12.0. The van der Waals surface area contributed by atoms with Gasteiger partial charge in [-0.1, -0.05) is 36.4 Å². The quantitative estimate of drug-likeness (QED) is 0.167. The molecule has 2 amide bonds. The van der Waals surface area contributed by atoms with Crippen molar-refractivity contribution in [3.63, 3.8) is 0 Å². The number of halogens is 1. The largest absolute Gasteiger partial charge is 0.493 e. The molecule has 10 heteroatoms. The molecule has 0 spiro atoms. The second-order valence-electron chi connectivity index (χ2n) is 8.13. The van der Waals surface area contributed by atoms with Crippen molar-refractivity contribution >= 4 is 35.3 Å². The second-order valence-corrected chi connectivity index (χ2v) is 8.54. The maximum absolute atomic E-state index is 12.6. The molecule has 0 saturated carbocycles. The Balaban J connectivity index is 1.64. The summed E-state index contributed by atoms with van der Waals surface area (Å²) in [7, 11) is 1.45. The van der Waals surface area contributed by atoms with E-state index in [1.807, 2.05) is 32.0 Å². The van der Waals surface area contributed by atoms with Crippen LogP contribution in [0.15, 0.2) is 72.4 Å². The second kappa shape index (κ2) is 14.4. The first kappa shape index (κ1) is 29.1. The van der Waals surface area contributed by atoms with E-state index in [0.29, 0.717) is 47.3 Å². The van der Waals surface area contributed by atoms with Crippen LogP contribution in [-0.4, -0.2) is 45.0 Å². The molecular weight excluding hydrogens is 522 g/mol. The van der Waals surface area contributed by atoms with Gasteiger partial charge in [0.05, 0.1) is 25.0 Å². The number of hydrogen-bond acceptors (Lipinski definition) is 7. The summed E-state index contributed by atoms with van der Waals surface area (Å²) in [6, 6.07) is 15.5. The van der Waals surface area contributed by atoms with Gasteiger partial charge < -0.3 is 24.3 Å². The van der Waals surface area contributed by atoms with E-state index in [1.165, 1.54) is 13.3 Å². The van der Waals surface area contributed by atoms with Gasteiger partial charge in [-0.3, -0.25) is 9.59 Å². The molecule has 0 fully saturated rings. The van der Waals surface area contributed by atoms with Gasteiger partial charge in [0.1, 0.15) is 6.61 Å². The first-order chi connectivity index (χ1) is 18.8. The summed E-state index contributed by atoms with van der Waals surface area (Å²) in [5, 5.41) is 6.99. The molecule has 204 valence electrons. The van der Waals surface area contributed by atoms with Gasteiger partial charge in [-0.15, -0.1) is 0 Å². The molecule has 3 aromatic rings. The number of hydrogen-bond donors (Lipinski definition) is 2. The lowest BCUT2D eigenvalue weighted by atomic mass is 10.2. The van der Waals surface area contributed by atoms with Gasteiger partial charge in [-0.05, 0) is 67.4 Å². The van der Waals surface area contributed by atoms with E-state index in [-0.39, 0.29) is 23.3 Å². The topological polar surface area (TPSA) is 107 Å². The summed E-state index contributed by atoms with van der Waals surface area (Å²) in [5.41, 5.74) is 5.03. The highest BCUT2D eigenvalue weighted by Gasteiger charge is 2.15. The number of nitrogens with one attached hydrogen (secondary N) is 2. The third kappa shape index (κ3) is 8.51. The van der Waals surface area contributed by atoms with Gasteiger partial charge in [-0.25, -0.2) is 5.43 Å². The van der Waals surface area contributed by atoms with E-state index in [0.717, 1.165) is 5.56 Å². The SMILES string of the molecule is C=CCOc1ccc(C(=O)N/N=C/c2cc(Cl)c(OCC(=O)Nc3cccc(C)c3)c(OC)c2)cc1OCC. The molecule has 0 saturated heterocycles. The molecule has 0 atom stereocenters. The molecule has 3 rings (SSSR count). The Morgan fingerprint density at radius 1 is 1.03 bits per heavy atom. The number of carbonyl (C=O) groups excluding carboxylic acids is 2. The van der Waals surface area contributed by atoms with Crippen molar-refractivity contribution in [3.05, 3.63) is 89.0 Å². The molecule has 9 nitrogen and oxygen atoms in total. The fourth-order valence-electron chi connectivity index (χ4n) is 3.43. The summed E-state index contributed by atoms with van der Waals surface area (Å²) < 4.78 is 22.1. The van der Waals surface area contributed by atoms with Crippen LogP contribution in [0.25, 0.3) is 0 Å². The molecule has 0 aliphatic rings. The zero-order chi connectivity index (χ0) is 28.2. The van der Waals surface area contributed by atoms with Crippen LogP contribution in [0.4, 0.5) is 5.69 Å². The van der Waals surface area contributed by atoms with Crippen molar-refractivity contribution < 1.29 is 28.5 Å². The minimum Gasteiger partial charge on any atom is -0.493 e. The minimum absolute atomic E-state index is 0.210. The zero-order valence-corrected chi connectivity index (χ0v) is 22.7. The molecule has 0 heterocycles. The Labute approximate surface area is 232 Å². The number of carbonyl (C=O) groups is 2. The van der Waals surface area contributed by atoms with Crippen LogP contribution in [0.2, 0.25) is 5.02 Å². The highest BCUT2D eigenvalue weighted by atomic mass is 35.5. The maximum atomic E-state index is 12.6. The maximum Gasteiger partial charge on any atom is 0.271 e. The predicted octanol–water partition coefficient (Wildman–Crippen LogP) is 5.40. The zero-order valence-electron chi connectivity index (χ0n) is 22.0. The van der Waals surface area contributed by atoms with Crippen LogP contribution in [0.3, 0.4) is 0 Å². The summed E-state index contributed by atoms with van der Waals surface area (Å²) in [6.07, 6.45) is 3.03. The lowest BCUT2D eigenvalue weighted by molar-refractivity contribution is -0.118. The molecule has 0 aliphatic heterocycles. The molecular formula is C29H30ClN3O6. The van der Waals surface area contributed by atoms with Crippen LogP contribution >= 0.6 is 11.6 Å². The van der Waals surface area contributed by atoms with E-state index < -0.39 is 5.91 Å². The van der Waals surface area contributed by atoms with Crippen molar-refractivity contribution in [1.82, 2.24) is 5.43 Å². The van der Waals surface area contributed by atoms with Gasteiger partial charge in [0, 0.05) is 11.3 Å². The Bertz CT molecular complexity index is 1360. The summed E-state index contributed by atoms with van der Waals surface area (Å²) in [4.78, 5) is 24.9. The van der Waals surface area contributed by atoms with E-state index in [2.05, 4.69) is 22.4 Å². The smallest absolute Gasteiger partial charge is 0.271 e. The van der Waals surface area contributed by atoms with Gasteiger partial charge in [0.2, 0.25) is 0 Å². The summed E-state index contributed by atoms with van der Waals surface area (Å²) >= 11 is 6.40. The number of rotatable bonds is 13. The van der Waals surface area contributed by atoms with E-state index in [9.17, 15) is 9.59 Å². The number of anilines is 1.